The first-order valence-corrected chi connectivity index (χ1v) is 12.0. The van der Waals surface area contributed by atoms with Crippen molar-refractivity contribution in [3.05, 3.63) is 42.5 Å². The summed E-state index contributed by atoms with van der Waals surface area (Å²) in [5.74, 6) is 0.246. The molecule has 1 aromatic rings. The minimum absolute atomic E-state index is 0. The van der Waals surface area contributed by atoms with Crippen molar-refractivity contribution in [3.63, 3.8) is 0 Å². The number of carboxylic acid groups (broad SMARTS) is 1. The molecule has 0 heterocycles. The van der Waals surface area contributed by atoms with Crippen molar-refractivity contribution in [2.24, 2.45) is 5.73 Å². The van der Waals surface area contributed by atoms with Crippen molar-refractivity contribution in [2.75, 3.05) is 31.4 Å². The second kappa shape index (κ2) is 18.7. The molecule has 0 aliphatic rings. The molecule has 214 valence electrons. The van der Waals surface area contributed by atoms with E-state index in [0.717, 1.165) is 32.5 Å². The summed E-state index contributed by atoms with van der Waals surface area (Å²) in [4.78, 5) is 38.5. The first kappa shape index (κ1) is 39.1. The maximum absolute atomic E-state index is 10.8. The third-order valence-electron chi connectivity index (χ3n) is 4.25. The molecular weight excluding hydrogens is 593 g/mol. The number of hydrogen-bond acceptors (Lipinski definition) is 12. The molecule has 37 heavy (non-hydrogen) atoms. The highest BCUT2D eigenvalue weighted by atomic mass is 35.5. The van der Waals surface area contributed by atoms with Gasteiger partial charge in [-0.1, -0.05) is 6.42 Å². The van der Waals surface area contributed by atoms with Crippen LogP contribution in [0.25, 0.3) is 0 Å². The maximum atomic E-state index is 10.8. The zero-order valence-electron chi connectivity index (χ0n) is 18.9. The number of aliphatic carboxylic acids is 1. The average molecular weight is 618 g/mol. The van der Waals surface area contributed by atoms with E-state index in [0.29, 0.717) is 18.2 Å². The Labute approximate surface area is 226 Å². The van der Waals surface area contributed by atoms with Crippen LogP contribution < -0.4 is 5.73 Å². The fourth-order valence-corrected chi connectivity index (χ4v) is 3.87. The molecule has 0 fully saturated rings. The van der Waals surface area contributed by atoms with E-state index >= 15 is 0 Å². The standard InChI is InChI=1S/C10H20Cl2N2O2.C6H3N3O9S.ClH.H2O/c11-4-7-14(8-5-12)6-2-1-3-9(13)10(15)16;10-7(11)3-1-4(8(12)13)6(19(16,17)18)5(2-3)9(14)15;;/h9H,1-8,13H2,(H,15,16);1-2H,(H,16,17,18);1H;1H2/p-1/t9-;;;/m0.../s1. The molecule has 0 aliphatic heterocycles. The molecule has 0 unspecified atom stereocenters. The summed E-state index contributed by atoms with van der Waals surface area (Å²) in [7, 11) is -5.55. The van der Waals surface area contributed by atoms with E-state index in [9.17, 15) is 48.1 Å². The van der Waals surface area contributed by atoms with Crippen molar-refractivity contribution in [1.29, 1.82) is 0 Å². The molecule has 0 spiro atoms. The number of carbonyl (C=O) groups is 1. The van der Waals surface area contributed by atoms with Gasteiger partial charge in [0.2, 0.25) is 4.90 Å². The third kappa shape index (κ3) is 14.2. The summed E-state index contributed by atoms with van der Waals surface area (Å²) in [6.07, 6.45) is 2.26. The molecule has 5 N–H and O–H groups in total. The Kier molecular flexibility index (Phi) is 19.8. The van der Waals surface area contributed by atoms with Crippen LogP contribution in [0.15, 0.2) is 17.0 Å². The lowest BCUT2D eigenvalue weighted by Crippen LogP contribution is -2.31. The van der Waals surface area contributed by atoms with Gasteiger partial charge in [-0.05, 0) is 19.4 Å². The van der Waals surface area contributed by atoms with E-state index in [4.69, 9.17) is 34.0 Å². The fraction of sp³-hybridized carbons (Fsp3) is 0.562. The Morgan fingerprint density at radius 3 is 1.70 bits per heavy atom. The molecule has 0 radical (unpaired) electrons. The van der Waals surface area contributed by atoms with Crippen molar-refractivity contribution >= 4 is 68.8 Å². The van der Waals surface area contributed by atoms with Gasteiger partial charge < -0.3 is 25.8 Å². The SMILES string of the molecule is Cl.N[C@@H](CCCCN(CCCl)CCCl)C(=O)O.O.O=[N+]([O-])c1cc([N+](=O)[O-])c(S(=O)(=O)[O-])c([N+](=O)[O-])c1. The van der Waals surface area contributed by atoms with Crippen molar-refractivity contribution in [3.8, 4) is 0 Å². The van der Waals surface area contributed by atoms with E-state index in [1.807, 2.05) is 0 Å². The summed E-state index contributed by atoms with van der Waals surface area (Å²) in [5, 5.41) is 40.2. The summed E-state index contributed by atoms with van der Waals surface area (Å²) in [6, 6.07) is -0.412. The van der Waals surface area contributed by atoms with Gasteiger partial charge in [-0.25, -0.2) is 8.42 Å². The number of unbranched alkanes of at least 4 members (excludes halogenated alkanes) is 1. The summed E-state index contributed by atoms with van der Waals surface area (Å²) >= 11 is 11.3. The molecule has 0 aliphatic carbocycles. The summed E-state index contributed by atoms with van der Waals surface area (Å²) in [5.41, 5.74) is 1.28. The number of benzene rings is 1. The fourth-order valence-electron chi connectivity index (χ4n) is 2.61. The number of halogens is 3. The second-order valence-electron chi connectivity index (χ2n) is 6.70. The number of alkyl halides is 2. The Morgan fingerprint density at radius 1 is 0.973 bits per heavy atom. The molecular formula is C16H25Cl3N5O12S-. The lowest BCUT2D eigenvalue weighted by Gasteiger charge is -2.19. The molecule has 1 rings (SSSR count). The van der Waals surface area contributed by atoms with Crippen molar-refractivity contribution in [2.45, 2.75) is 30.2 Å². The van der Waals surface area contributed by atoms with Gasteiger partial charge in [0.25, 0.3) is 5.69 Å². The monoisotopic (exact) mass is 616 g/mol. The number of nitrogens with two attached hydrogens (primary N) is 1. The molecule has 17 nitrogen and oxygen atoms in total. The van der Waals surface area contributed by atoms with Gasteiger partial charge in [0.05, 0.1) is 26.9 Å². The van der Waals surface area contributed by atoms with Crippen LogP contribution in [0.4, 0.5) is 17.1 Å². The number of nitro benzene ring substituents is 3. The van der Waals surface area contributed by atoms with Gasteiger partial charge in [-0.3, -0.25) is 35.1 Å². The molecule has 0 bridgehead atoms. The quantitative estimate of drug-likeness (QED) is 0.0978. The minimum Gasteiger partial charge on any atom is -0.744 e. The van der Waals surface area contributed by atoms with Gasteiger partial charge in [-0.15, -0.1) is 35.6 Å². The van der Waals surface area contributed by atoms with Crippen LogP contribution in [0.2, 0.25) is 0 Å². The maximum Gasteiger partial charge on any atom is 0.320 e. The first-order valence-electron chi connectivity index (χ1n) is 9.57. The normalized spacial score (nSPS) is 11.3. The largest absolute Gasteiger partial charge is 0.744 e. The number of nitrogens with zero attached hydrogens (tertiary/aromatic N) is 4. The molecule has 21 heteroatoms. The minimum atomic E-state index is -5.55. The van der Waals surface area contributed by atoms with Gasteiger partial charge in [0.1, 0.15) is 16.2 Å². The van der Waals surface area contributed by atoms with E-state index < -0.39 is 58.9 Å². The molecule has 1 atom stereocenters. The molecule has 1 aromatic carbocycles. The topological polar surface area (TPSA) is 285 Å². The Balaban J connectivity index is -0.000000602. The molecule has 0 saturated heterocycles. The second-order valence-corrected chi connectivity index (χ2v) is 8.77. The van der Waals surface area contributed by atoms with Crippen LogP contribution >= 0.6 is 35.6 Å². The van der Waals surface area contributed by atoms with Crippen LogP contribution in [-0.4, -0.2) is 86.6 Å². The lowest BCUT2D eigenvalue weighted by atomic mass is 10.1. The first-order chi connectivity index (χ1) is 16.2. The van der Waals surface area contributed by atoms with Crippen LogP contribution in [0.3, 0.4) is 0 Å². The highest BCUT2D eigenvalue weighted by molar-refractivity contribution is 7.86. The van der Waals surface area contributed by atoms with Gasteiger partial charge in [0, 0.05) is 24.8 Å². The molecule has 0 saturated carbocycles. The highest BCUT2D eigenvalue weighted by Crippen LogP contribution is 2.36. The van der Waals surface area contributed by atoms with Crippen molar-refractivity contribution < 1.29 is 43.1 Å². The van der Waals surface area contributed by atoms with Crippen LogP contribution in [-0.2, 0) is 14.9 Å². The zero-order valence-corrected chi connectivity index (χ0v) is 22.0. The van der Waals surface area contributed by atoms with Crippen LogP contribution in [0, 0.1) is 30.3 Å². The van der Waals surface area contributed by atoms with E-state index in [1.54, 1.807) is 0 Å². The van der Waals surface area contributed by atoms with Crippen LogP contribution in [0.5, 0.6) is 0 Å². The highest BCUT2D eigenvalue weighted by Gasteiger charge is 2.34. The molecule has 0 aromatic heterocycles. The van der Waals surface area contributed by atoms with E-state index in [2.05, 4.69) is 4.90 Å². The Morgan fingerprint density at radius 2 is 1.41 bits per heavy atom. The number of hydrogen-bond donors (Lipinski definition) is 2. The molecule has 0 amide bonds. The lowest BCUT2D eigenvalue weighted by molar-refractivity contribution is -0.407. The third-order valence-corrected chi connectivity index (χ3v) is 5.50. The van der Waals surface area contributed by atoms with Gasteiger partial charge in [-0.2, -0.15) is 0 Å². The number of rotatable bonds is 14. The Hall–Kier alpha value is -2.45. The predicted octanol–water partition coefficient (Wildman–Crippen LogP) is 1.26. The van der Waals surface area contributed by atoms with Gasteiger partial charge >= 0.3 is 17.3 Å². The number of nitro groups is 3. The average Bonchev–Trinajstić information content (AvgIpc) is 2.75. The van der Waals surface area contributed by atoms with Gasteiger partial charge in [0.15, 0.2) is 0 Å². The Bertz CT molecular complexity index is 990. The summed E-state index contributed by atoms with van der Waals surface area (Å²) in [6.45, 7) is 2.53. The summed E-state index contributed by atoms with van der Waals surface area (Å²) < 4.78 is 32.5. The van der Waals surface area contributed by atoms with Crippen molar-refractivity contribution in [1.82, 2.24) is 4.90 Å². The van der Waals surface area contributed by atoms with E-state index in [1.165, 1.54) is 0 Å². The number of carboxylic acids is 1. The predicted molar refractivity (Wildman–Crippen MR) is 133 cm³/mol. The zero-order chi connectivity index (χ0) is 27.3. The van der Waals surface area contributed by atoms with Crippen LogP contribution in [0.1, 0.15) is 19.3 Å². The smallest absolute Gasteiger partial charge is 0.320 e. The number of non-ortho nitro benzene ring substituents is 1. The van der Waals surface area contributed by atoms with E-state index in [-0.39, 0.29) is 30.0 Å².